The Morgan fingerprint density at radius 2 is 2.12 bits per heavy atom. The molecule has 0 radical (unpaired) electrons. The van der Waals surface area contributed by atoms with E-state index in [1.807, 2.05) is 31.1 Å². The number of pyridine rings is 1. The molecule has 1 aliphatic carbocycles. The van der Waals surface area contributed by atoms with E-state index in [0.717, 1.165) is 24.5 Å². The summed E-state index contributed by atoms with van der Waals surface area (Å²) in [6, 6.07) is 4.35. The molecule has 0 spiro atoms. The summed E-state index contributed by atoms with van der Waals surface area (Å²) in [4.78, 5) is 0. The van der Waals surface area contributed by atoms with Crippen LogP contribution in [0.3, 0.4) is 0 Å². The molecule has 2 unspecified atom stereocenters. The topological polar surface area (TPSA) is 15.9 Å². The minimum atomic E-state index is 0.589. The van der Waals surface area contributed by atoms with Crippen LogP contribution in [0, 0.1) is 0 Å². The van der Waals surface area contributed by atoms with Gasteiger partial charge in [-0.25, -0.2) is 4.57 Å². The highest BCUT2D eigenvalue weighted by Gasteiger charge is 2.02. The molecule has 0 bridgehead atoms. The van der Waals surface area contributed by atoms with Crippen molar-refractivity contribution in [3.8, 4) is 0 Å². The zero-order valence-corrected chi connectivity index (χ0v) is 16.8. The summed E-state index contributed by atoms with van der Waals surface area (Å²) < 4.78 is 2.24. The van der Waals surface area contributed by atoms with Crippen molar-refractivity contribution in [3.05, 3.63) is 84.4 Å². The zero-order chi connectivity index (χ0) is 17.7. The van der Waals surface area contributed by atoms with Gasteiger partial charge in [-0.15, -0.1) is 9.24 Å². The number of nitrogens with zero attached hydrogens (tertiary/aromatic N) is 1. The lowest BCUT2D eigenvalue weighted by molar-refractivity contribution is -0.692. The van der Waals surface area contributed by atoms with Gasteiger partial charge in [0, 0.05) is 24.9 Å². The van der Waals surface area contributed by atoms with Crippen LogP contribution < -0.4 is 9.88 Å². The Kier molecular flexibility index (Phi) is 9.40. The molecule has 2 atom stereocenters. The van der Waals surface area contributed by atoms with Gasteiger partial charge in [-0.2, -0.15) is 11.8 Å². The van der Waals surface area contributed by atoms with Gasteiger partial charge < -0.3 is 5.32 Å². The molecule has 0 amide bonds. The fourth-order valence-corrected chi connectivity index (χ4v) is 3.31. The predicted octanol–water partition coefficient (Wildman–Crippen LogP) is 4.14. The molecule has 0 fully saturated rings. The molecule has 1 N–H and O–H groups in total. The van der Waals surface area contributed by atoms with Crippen LogP contribution >= 0.6 is 21.0 Å². The number of nitrogens with one attached hydrogen (secondary N) is 1. The van der Waals surface area contributed by atoms with Gasteiger partial charge in [0.15, 0.2) is 18.9 Å². The minimum absolute atomic E-state index is 0.589. The number of allylic oxidation sites excluding steroid dienone is 7. The maximum absolute atomic E-state index is 2.97. The summed E-state index contributed by atoms with van der Waals surface area (Å²) in [6.07, 6.45) is 24.7. The zero-order valence-electron chi connectivity index (χ0n) is 14.8. The molecule has 1 aromatic heterocycles. The van der Waals surface area contributed by atoms with E-state index in [9.17, 15) is 0 Å². The van der Waals surface area contributed by atoms with Crippen LogP contribution in [0.2, 0.25) is 0 Å². The normalized spacial score (nSPS) is 17.7. The summed E-state index contributed by atoms with van der Waals surface area (Å²) in [5, 5.41) is 2.97. The van der Waals surface area contributed by atoms with Gasteiger partial charge in [0.05, 0.1) is 5.75 Å². The van der Waals surface area contributed by atoms with E-state index in [1.165, 1.54) is 11.1 Å². The van der Waals surface area contributed by atoms with Crippen molar-refractivity contribution in [1.29, 1.82) is 0 Å². The first-order valence-electron chi connectivity index (χ1n) is 8.66. The van der Waals surface area contributed by atoms with Crippen LogP contribution in [0.4, 0.5) is 0 Å². The highest BCUT2D eigenvalue weighted by atomic mass is 32.2. The van der Waals surface area contributed by atoms with Crippen molar-refractivity contribution in [2.24, 2.45) is 0 Å². The van der Waals surface area contributed by atoms with Gasteiger partial charge in [-0.3, -0.25) is 0 Å². The first-order valence-corrected chi connectivity index (χ1v) is 10.5. The van der Waals surface area contributed by atoms with Crippen molar-refractivity contribution in [3.63, 3.8) is 0 Å². The van der Waals surface area contributed by atoms with Gasteiger partial charge in [0.2, 0.25) is 0 Å². The first kappa shape index (κ1) is 19.8. The highest BCUT2D eigenvalue weighted by Crippen LogP contribution is 2.18. The van der Waals surface area contributed by atoms with Crippen LogP contribution in [0.1, 0.15) is 12.0 Å². The fourth-order valence-electron chi connectivity index (χ4n) is 2.31. The van der Waals surface area contributed by atoms with Crippen LogP contribution in [-0.4, -0.2) is 24.2 Å². The molecule has 4 heteroatoms. The van der Waals surface area contributed by atoms with E-state index in [2.05, 4.69) is 86.2 Å². The highest BCUT2D eigenvalue weighted by molar-refractivity contribution is 7.99. The van der Waals surface area contributed by atoms with Crippen molar-refractivity contribution in [2.45, 2.75) is 18.6 Å². The van der Waals surface area contributed by atoms with Crippen molar-refractivity contribution >= 4 is 27.1 Å². The van der Waals surface area contributed by atoms with Crippen LogP contribution in [0.25, 0.3) is 6.08 Å². The van der Waals surface area contributed by atoms with Crippen molar-refractivity contribution in [1.82, 2.24) is 5.32 Å². The third-order valence-corrected chi connectivity index (χ3v) is 5.16. The molecular formula is C21H28N2PS+. The number of aromatic nitrogens is 1. The fraction of sp³-hybridized carbons (Fsp3) is 0.286. The molecular weight excluding hydrogens is 343 g/mol. The lowest BCUT2D eigenvalue weighted by atomic mass is 10.1. The molecule has 132 valence electrons. The summed E-state index contributed by atoms with van der Waals surface area (Å²) >= 11 is 1.95. The Balaban J connectivity index is 1.70. The number of thioether (sulfide) groups is 1. The van der Waals surface area contributed by atoms with Gasteiger partial charge >= 0.3 is 0 Å². The number of hydrogen-bond acceptors (Lipinski definition) is 2. The van der Waals surface area contributed by atoms with Gasteiger partial charge in [-0.1, -0.05) is 42.5 Å². The molecule has 2 rings (SSSR count). The molecule has 25 heavy (non-hydrogen) atoms. The average molecular weight is 372 g/mol. The third kappa shape index (κ3) is 8.38. The second kappa shape index (κ2) is 11.9. The molecule has 1 aliphatic rings. The summed E-state index contributed by atoms with van der Waals surface area (Å²) in [5.41, 5.74) is 3.13. The van der Waals surface area contributed by atoms with Gasteiger partial charge in [0.1, 0.15) is 0 Å². The summed E-state index contributed by atoms with van der Waals surface area (Å²) in [6.45, 7) is 1.04. The van der Waals surface area contributed by atoms with E-state index in [4.69, 9.17) is 0 Å². The molecule has 0 aliphatic heterocycles. The Morgan fingerprint density at radius 3 is 2.84 bits per heavy atom. The van der Waals surface area contributed by atoms with Crippen LogP contribution in [0.5, 0.6) is 0 Å². The average Bonchev–Trinajstić information content (AvgIpc) is 2.64. The van der Waals surface area contributed by atoms with E-state index < -0.39 is 0 Å². The Labute approximate surface area is 158 Å². The summed E-state index contributed by atoms with van der Waals surface area (Å²) in [7, 11) is 4.75. The second-order valence-electron chi connectivity index (χ2n) is 5.82. The Morgan fingerprint density at radius 1 is 1.28 bits per heavy atom. The van der Waals surface area contributed by atoms with E-state index >= 15 is 0 Å². The quantitative estimate of drug-likeness (QED) is 0.304. The molecule has 1 heterocycles. The van der Waals surface area contributed by atoms with E-state index in [0.29, 0.717) is 5.66 Å². The van der Waals surface area contributed by atoms with Gasteiger partial charge in [-0.05, 0) is 35.5 Å². The lowest BCUT2D eigenvalue weighted by Gasteiger charge is -2.08. The minimum Gasteiger partial charge on any atom is -0.394 e. The predicted molar refractivity (Wildman–Crippen MR) is 116 cm³/mol. The molecule has 0 saturated carbocycles. The smallest absolute Gasteiger partial charge is 0.169 e. The van der Waals surface area contributed by atoms with Gasteiger partial charge in [0.25, 0.3) is 0 Å². The summed E-state index contributed by atoms with van der Waals surface area (Å²) in [5.74, 6) is 2.17. The Bertz CT molecular complexity index is 657. The van der Waals surface area contributed by atoms with Crippen molar-refractivity contribution < 1.29 is 4.57 Å². The molecule has 1 aromatic rings. The monoisotopic (exact) mass is 371 g/mol. The molecule has 0 saturated heterocycles. The Hall–Kier alpha value is -1.57. The maximum atomic E-state index is 2.97. The van der Waals surface area contributed by atoms with Crippen molar-refractivity contribution in [2.75, 3.05) is 18.6 Å². The number of rotatable bonds is 9. The third-order valence-electron chi connectivity index (χ3n) is 3.76. The SMILES string of the molecule is CN/C=C\C=C/CSCC[n+]1ccc(/C=C/C2=CCC(P)C=C2)cc1. The lowest BCUT2D eigenvalue weighted by Crippen LogP contribution is -2.33. The number of aryl methyl sites for hydroxylation is 1. The number of hydrogen-bond donors (Lipinski definition) is 1. The maximum Gasteiger partial charge on any atom is 0.169 e. The van der Waals surface area contributed by atoms with E-state index in [-0.39, 0.29) is 0 Å². The first-order chi connectivity index (χ1) is 12.3. The standard InChI is InChI=1S/C21H28N2PS/c1-22-13-3-2-4-17-25-18-16-23-14-11-20(12-15-23)6-5-19-7-9-21(24)10-8-19/h2-9,11-15,21-22H,10,16-18,24H2,1H3/q+1/b4-2-,6-5+,13-3-. The van der Waals surface area contributed by atoms with Crippen LogP contribution in [-0.2, 0) is 6.54 Å². The van der Waals surface area contributed by atoms with Crippen LogP contribution in [0.15, 0.2) is 78.8 Å². The van der Waals surface area contributed by atoms with E-state index in [1.54, 1.807) is 0 Å². The molecule has 2 nitrogen and oxygen atoms in total. The largest absolute Gasteiger partial charge is 0.394 e. The molecule has 0 aromatic carbocycles. The second-order valence-corrected chi connectivity index (χ2v) is 7.82.